The lowest BCUT2D eigenvalue weighted by molar-refractivity contribution is -0.150. The van der Waals surface area contributed by atoms with Crippen molar-refractivity contribution in [2.45, 2.75) is 90.3 Å². The van der Waals surface area contributed by atoms with Crippen molar-refractivity contribution in [3.63, 3.8) is 0 Å². The third-order valence-corrected chi connectivity index (χ3v) is 6.08. The average molecular weight is 561 g/mol. The first-order chi connectivity index (χ1) is 17.8. The smallest absolute Gasteiger partial charge is 0.410 e. The van der Waals surface area contributed by atoms with Gasteiger partial charge in [0.05, 0.1) is 13.1 Å². The van der Waals surface area contributed by atoms with E-state index in [1.165, 1.54) is 0 Å². The second-order valence-corrected chi connectivity index (χ2v) is 12.0. The van der Waals surface area contributed by atoms with Gasteiger partial charge in [0.15, 0.2) is 0 Å². The zero-order chi connectivity index (χ0) is 29.6. The molecular weight excluding hydrogens is 520 g/mol. The Morgan fingerprint density at radius 1 is 0.872 bits per heavy atom. The molecule has 2 amide bonds. The Morgan fingerprint density at radius 3 is 1.85 bits per heavy atom. The van der Waals surface area contributed by atoms with Crippen LogP contribution in [0.5, 0.6) is 0 Å². The summed E-state index contributed by atoms with van der Waals surface area (Å²) < 4.78 is 65.0. The normalized spacial score (nSPS) is 21.0. The summed E-state index contributed by atoms with van der Waals surface area (Å²) >= 11 is 0. The first kappa shape index (κ1) is 32.4. The lowest BCUT2D eigenvalue weighted by atomic mass is 9.87. The minimum absolute atomic E-state index is 0.0106. The SMILES string of the molecule is CC(C)(C)OC(=O)N1CCC(=O)C(F)(F)C1.CC(C)(C)OC(=O)N1CCC(CCc2ccccc2)C(F)(F)C1. The van der Waals surface area contributed by atoms with E-state index in [1.807, 2.05) is 30.3 Å². The van der Waals surface area contributed by atoms with Crippen molar-refractivity contribution in [1.82, 2.24) is 9.80 Å². The molecule has 0 spiro atoms. The van der Waals surface area contributed by atoms with Crippen LogP contribution in [0.1, 0.15) is 66.4 Å². The Labute approximate surface area is 227 Å². The molecule has 3 rings (SSSR count). The number of piperidine rings is 2. The number of benzene rings is 1. The largest absolute Gasteiger partial charge is 0.444 e. The summed E-state index contributed by atoms with van der Waals surface area (Å²) in [5.41, 5.74) is -0.331. The number of ketones is 1. The van der Waals surface area contributed by atoms with E-state index < -0.39 is 60.0 Å². The number of rotatable bonds is 3. The van der Waals surface area contributed by atoms with Crippen LogP contribution in [0.2, 0.25) is 0 Å². The fourth-order valence-electron chi connectivity index (χ4n) is 4.12. The summed E-state index contributed by atoms with van der Waals surface area (Å²) in [5, 5.41) is 0. The van der Waals surface area contributed by atoms with Crippen molar-refractivity contribution in [3.8, 4) is 0 Å². The van der Waals surface area contributed by atoms with Gasteiger partial charge >= 0.3 is 18.1 Å². The molecule has 7 nitrogen and oxygen atoms in total. The van der Waals surface area contributed by atoms with Crippen LogP contribution in [0.4, 0.5) is 27.2 Å². The Hall–Kier alpha value is -2.85. The summed E-state index contributed by atoms with van der Waals surface area (Å²) in [6.07, 6.45) is -0.420. The highest BCUT2D eigenvalue weighted by Gasteiger charge is 2.47. The quantitative estimate of drug-likeness (QED) is 0.403. The molecule has 1 aromatic rings. The van der Waals surface area contributed by atoms with Gasteiger partial charge in [-0.15, -0.1) is 0 Å². The van der Waals surface area contributed by atoms with Gasteiger partial charge in [-0.1, -0.05) is 30.3 Å². The summed E-state index contributed by atoms with van der Waals surface area (Å²) in [6, 6.07) is 9.65. The number of alkyl halides is 4. The number of likely N-dealkylation sites (tertiary alicyclic amines) is 2. The van der Waals surface area contributed by atoms with Crippen LogP contribution in [-0.4, -0.2) is 77.0 Å². The topological polar surface area (TPSA) is 76.1 Å². The highest BCUT2D eigenvalue weighted by atomic mass is 19.3. The number of ether oxygens (including phenoxy) is 2. The molecule has 0 saturated carbocycles. The molecule has 2 fully saturated rings. The number of carbonyl (C=O) groups is 3. The highest BCUT2D eigenvalue weighted by molar-refractivity contribution is 5.88. The number of hydrogen-bond acceptors (Lipinski definition) is 5. The van der Waals surface area contributed by atoms with Gasteiger partial charge in [-0.05, 0) is 66.4 Å². The Bertz CT molecular complexity index is 990. The van der Waals surface area contributed by atoms with Crippen molar-refractivity contribution >= 4 is 18.0 Å². The molecule has 0 radical (unpaired) electrons. The first-order valence-electron chi connectivity index (χ1n) is 13.1. The number of carbonyl (C=O) groups excluding carboxylic acids is 3. The molecule has 0 aliphatic carbocycles. The number of nitrogens with zero attached hydrogens (tertiary/aromatic N) is 2. The number of halogens is 4. The van der Waals surface area contributed by atoms with Gasteiger partial charge in [-0.2, -0.15) is 8.78 Å². The van der Waals surface area contributed by atoms with Crippen LogP contribution in [0.25, 0.3) is 0 Å². The van der Waals surface area contributed by atoms with E-state index in [9.17, 15) is 31.9 Å². The van der Waals surface area contributed by atoms with E-state index in [-0.39, 0.29) is 13.0 Å². The monoisotopic (exact) mass is 560 g/mol. The number of hydrogen-bond donors (Lipinski definition) is 0. The zero-order valence-electron chi connectivity index (χ0n) is 23.6. The highest BCUT2D eigenvalue weighted by Crippen LogP contribution is 2.36. The van der Waals surface area contributed by atoms with Crippen LogP contribution < -0.4 is 0 Å². The predicted octanol–water partition coefficient (Wildman–Crippen LogP) is 6.34. The molecule has 11 heteroatoms. The fraction of sp³-hybridized carbons (Fsp3) is 0.679. The van der Waals surface area contributed by atoms with Gasteiger partial charge in [-0.3, -0.25) is 4.79 Å². The van der Waals surface area contributed by atoms with E-state index >= 15 is 0 Å². The van der Waals surface area contributed by atoms with Crippen LogP contribution in [0.15, 0.2) is 30.3 Å². The summed E-state index contributed by atoms with van der Waals surface area (Å²) in [5.74, 6) is -8.13. The second kappa shape index (κ2) is 12.6. The standard InChI is InChI=1S/C18H25F2NO2.C10H15F2NO3/c1-17(2,3)23-16(22)21-12-11-15(18(19,20)13-21)10-9-14-7-5-4-6-8-14;1-9(2,3)16-8(15)13-5-4-7(14)10(11,12)6-13/h4-8,15H,9-13H2,1-3H3;4-6H2,1-3H3. The van der Waals surface area contributed by atoms with Crippen LogP contribution in [0.3, 0.4) is 0 Å². The van der Waals surface area contributed by atoms with E-state index in [0.29, 0.717) is 25.8 Å². The molecule has 2 saturated heterocycles. The van der Waals surface area contributed by atoms with Crippen molar-refractivity contribution in [3.05, 3.63) is 35.9 Å². The van der Waals surface area contributed by atoms with Gasteiger partial charge < -0.3 is 19.3 Å². The molecule has 1 unspecified atom stereocenters. The lowest BCUT2D eigenvalue weighted by Gasteiger charge is -2.38. The molecular formula is C28H40F4N2O5. The maximum absolute atomic E-state index is 14.4. The zero-order valence-corrected chi connectivity index (χ0v) is 23.6. The molecule has 2 heterocycles. The summed E-state index contributed by atoms with van der Waals surface area (Å²) in [4.78, 5) is 36.3. The van der Waals surface area contributed by atoms with Gasteiger partial charge in [0.25, 0.3) is 5.92 Å². The first-order valence-corrected chi connectivity index (χ1v) is 13.1. The van der Waals surface area contributed by atoms with E-state index in [0.717, 1.165) is 15.4 Å². The van der Waals surface area contributed by atoms with Crippen molar-refractivity contribution in [2.75, 3.05) is 26.2 Å². The Balaban J connectivity index is 0.000000293. The van der Waals surface area contributed by atoms with Crippen LogP contribution in [0, 0.1) is 5.92 Å². The number of Topliss-reactive ketones (excluding diaryl/α,β-unsaturated/α-hetero) is 1. The lowest BCUT2D eigenvalue weighted by Crippen LogP contribution is -2.52. The van der Waals surface area contributed by atoms with Crippen molar-refractivity contribution in [1.29, 1.82) is 0 Å². The van der Waals surface area contributed by atoms with Crippen LogP contribution >= 0.6 is 0 Å². The minimum atomic E-state index is -3.45. The molecule has 1 atom stereocenters. The Morgan fingerprint density at radius 2 is 1.38 bits per heavy atom. The summed E-state index contributed by atoms with van der Waals surface area (Å²) in [7, 11) is 0. The minimum Gasteiger partial charge on any atom is -0.444 e. The molecule has 0 bridgehead atoms. The maximum Gasteiger partial charge on any atom is 0.410 e. The van der Waals surface area contributed by atoms with E-state index in [4.69, 9.17) is 9.47 Å². The predicted molar refractivity (Wildman–Crippen MR) is 138 cm³/mol. The summed E-state index contributed by atoms with van der Waals surface area (Å²) in [6.45, 7) is 9.02. The number of amides is 2. The molecule has 2 aliphatic rings. The average Bonchev–Trinajstić information content (AvgIpc) is 2.78. The maximum atomic E-state index is 14.4. The molecule has 39 heavy (non-hydrogen) atoms. The second-order valence-electron chi connectivity index (χ2n) is 12.0. The third-order valence-electron chi connectivity index (χ3n) is 6.08. The number of aryl methyl sites for hydroxylation is 1. The molecule has 0 aromatic heterocycles. The molecule has 2 aliphatic heterocycles. The van der Waals surface area contributed by atoms with E-state index in [2.05, 4.69) is 0 Å². The molecule has 220 valence electrons. The van der Waals surface area contributed by atoms with Gasteiger partial charge in [-0.25, -0.2) is 18.4 Å². The van der Waals surface area contributed by atoms with Gasteiger partial charge in [0.2, 0.25) is 5.78 Å². The Kier molecular flexibility index (Phi) is 10.4. The van der Waals surface area contributed by atoms with Crippen molar-refractivity contribution in [2.24, 2.45) is 5.92 Å². The van der Waals surface area contributed by atoms with Crippen LogP contribution in [-0.2, 0) is 20.7 Å². The van der Waals surface area contributed by atoms with Crippen molar-refractivity contribution < 1.29 is 41.4 Å². The molecule has 0 N–H and O–H groups in total. The molecule has 1 aromatic carbocycles. The fourth-order valence-corrected chi connectivity index (χ4v) is 4.12. The van der Waals surface area contributed by atoms with E-state index in [1.54, 1.807) is 41.5 Å². The third kappa shape index (κ3) is 10.7. The van der Waals surface area contributed by atoms with Gasteiger partial charge in [0.1, 0.15) is 11.2 Å². The van der Waals surface area contributed by atoms with Gasteiger partial charge in [0, 0.05) is 25.4 Å².